The first-order valence-corrected chi connectivity index (χ1v) is 0.908. The molecular formula is C2H2N2O2Zn2. The quantitative estimate of drug-likeness (QED) is 0.334. The van der Waals surface area contributed by atoms with E-state index in [1.54, 1.807) is 0 Å². The molecule has 0 radical (unpaired) electrons. The van der Waals surface area contributed by atoms with Crippen molar-refractivity contribution in [2.24, 2.45) is 0 Å². The van der Waals surface area contributed by atoms with Gasteiger partial charge in [-0.2, -0.15) is 0 Å². The molecule has 0 amide bonds. The van der Waals surface area contributed by atoms with Crippen LogP contribution in [0.25, 0.3) is 0 Å². The summed E-state index contributed by atoms with van der Waals surface area (Å²) in [7, 11) is 0. The van der Waals surface area contributed by atoms with E-state index < -0.39 is 0 Å². The van der Waals surface area contributed by atoms with Gasteiger partial charge in [-0.05, 0) is 0 Å². The van der Waals surface area contributed by atoms with Crippen molar-refractivity contribution in [1.29, 1.82) is 10.8 Å². The number of nitrogens with one attached hydrogen (secondary N) is 2. The number of hydrogen-bond acceptors (Lipinski definition) is 4. The van der Waals surface area contributed by atoms with Crippen molar-refractivity contribution in [2.75, 3.05) is 0 Å². The van der Waals surface area contributed by atoms with Gasteiger partial charge in [0.1, 0.15) is 0 Å². The van der Waals surface area contributed by atoms with Crippen LogP contribution in [0.1, 0.15) is 0 Å². The summed E-state index contributed by atoms with van der Waals surface area (Å²) in [5.41, 5.74) is 0. The van der Waals surface area contributed by atoms with Gasteiger partial charge in [0.05, 0.1) is 0 Å². The molecule has 36 valence electrons. The molecule has 2 N–H and O–H groups in total. The van der Waals surface area contributed by atoms with Crippen molar-refractivity contribution < 1.29 is 48.5 Å². The third kappa shape index (κ3) is 3300000. The smallest absolute Gasteiger partial charge is 0.222 e. The molecule has 0 fully saturated rings. The van der Waals surface area contributed by atoms with Gasteiger partial charge in [0.15, 0.2) is 0 Å². The zero-order chi connectivity index (χ0) is 5.41. The molecule has 0 aliphatic rings. The van der Waals surface area contributed by atoms with Gasteiger partial charge < -0.3 is 0 Å². The van der Waals surface area contributed by atoms with Crippen molar-refractivity contribution >= 4 is 12.2 Å². The minimum Gasteiger partial charge on any atom is -0.222 e. The molecule has 0 atom stereocenters. The van der Waals surface area contributed by atoms with Crippen LogP contribution in [0.3, 0.4) is 0 Å². The Morgan fingerprint density at radius 2 is 0.875 bits per heavy atom. The van der Waals surface area contributed by atoms with Gasteiger partial charge in [-0.15, -0.1) is 0 Å². The SMILES string of the molecule is N=C=O.N=C=O.[Zn].[Zn]. The summed E-state index contributed by atoms with van der Waals surface area (Å²) in [6.45, 7) is 0. The van der Waals surface area contributed by atoms with E-state index in [0.717, 1.165) is 12.2 Å². The van der Waals surface area contributed by atoms with E-state index in [1.807, 2.05) is 0 Å². The maximum Gasteiger partial charge on any atom is 0.231 e. The molecule has 0 bridgehead atoms. The van der Waals surface area contributed by atoms with E-state index in [2.05, 4.69) is 0 Å². The molecule has 8 heavy (non-hydrogen) atoms. The summed E-state index contributed by atoms with van der Waals surface area (Å²) in [4.78, 5) is 16.7. The molecule has 0 aliphatic carbocycles. The fourth-order valence-corrected chi connectivity index (χ4v) is 0. The zero-order valence-electron chi connectivity index (χ0n) is 4.23. The fraction of sp³-hybridized carbons (Fsp3) is 0. The van der Waals surface area contributed by atoms with E-state index in [4.69, 9.17) is 20.4 Å². The van der Waals surface area contributed by atoms with Gasteiger partial charge in [-0.1, -0.05) is 0 Å². The summed E-state index contributed by atoms with van der Waals surface area (Å²) in [5, 5.41) is 10.8. The van der Waals surface area contributed by atoms with E-state index in [9.17, 15) is 0 Å². The molecule has 0 rings (SSSR count). The average Bonchev–Trinajstić information content (AvgIpc) is 1.39. The Balaban J connectivity index is -0.0000000160. The van der Waals surface area contributed by atoms with Crippen molar-refractivity contribution in [3.8, 4) is 0 Å². The predicted octanol–water partition coefficient (Wildman–Crippen LogP) is -0.203. The first kappa shape index (κ1) is 24.5. The Morgan fingerprint density at radius 1 is 0.875 bits per heavy atom. The van der Waals surface area contributed by atoms with E-state index in [-0.39, 0.29) is 39.0 Å². The van der Waals surface area contributed by atoms with Crippen LogP contribution in [-0.2, 0) is 48.5 Å². The van der Waals surface area contributed by atoms with Crippen molar-refractivity contribution in [3.05, 3.63) is 0 Å². The molecule has 0 aromatic carbocycles. The van der Waals surface area contributed by atoms with Gasteiger partial charge in [0, 0.05) is 39.0 Å². The number of rotatable bonds is 0. The molecule has 0 saturated heterocycles. The molecule has 0 saturated carbocycles. The van der Waals surface area contributed by atoms with Crippen molar-refractivity contribution in [1.82, 2.24) is 0 Å². The second kappa shape index (κ2) is 62.8. The standard InChI is InChI=1S/2CHNO.2Zn/c2*2-1-3;;/h2*2H;;. The molecule has 0 heterocycles. The first-order chi connectivity index (χ1) is 2.83. The number of carbonyl (C=O) groups excluding carboxylic acids is 2. The molecule has 6 heteroatoms. The summed E-state index contributed by atoms with van der Waals surface area (Å²) in [5.74, 6) is 0. The Morgan fingerprint density at radius 3 is 0.875 bits per heavy atom. The van der Waals surface area contributed by atoms with E-state index in [0.29, 0.717) is 0 Å². The Labute approximate surface area is 71.6 Å². The first-order valence-electron chi connectivity index (χ1n) is 0.908. The van der Waals surface area contributed by atoms with Crippen LogP contribution in [0.2, 0.25) is 0 Å². The van der Waals surface area contributed by atoms with E-state index >= 15 is 0 Å². The maximum atomic E-state index is 8.35. The molecule has 0 aromatic rings. The van der Waals surface area contributed by atoms with E-state index in [1.165, 1.54) is 0 Å². The third-order valence-corrected chi connectivity index (χ3v) is 0. The second-order valence-corrected chi connectivity index (χ2v) is 0.204. The van der Waals surface area contributed by atoms with Gasteiger partial charge in [0.2, 0.25) is 12.2 Å². The summed E-state index contributed by atoms with van der Waals surface area (Å²) < 4.78 is 0. The second-order valence-electron chi connectivity index (χ2n) is 0.204. The molecular weight excluding hydrogens is 215 g/mol. The Bertz CT molecular complexity index is 70.0. The number of isocyanates is 2. The predicted molar refractivity (Wildman–Crippen MR) is 16.8 cm³/mol. The zero-order valence-corrected chi connectivity index (χ0v) is 10.2. The maximum absolute atomic E-state index is 8.35. The summed E-state index contributed by atoms with van der Waals surface area (Å²) in [6.07, 6.45) is 1.50. The minimum absolute atomic E-state index is 0. The topological polar surface area (TPSA) is 81.8 Å². The molecule has 0 spiro atoms. The van der Waals surface area contributed by atoms with Crippen molar-refractivity contribution in [2.45, 2.75) is 0 Å². The normalized spacial score (nSPS) is 2.00. The monoisotopic (exact) mass is 214 g/mol. The van der Waals surface area contributed by atoms with Gasteiger partial charge >= 0.3 is 0 Å². The Hall–Kier alpha value is 0.00675. The van der Waals surface area contributed by atoms with Crippen LogP contribution in [0.15, 0.2) is 0 Å². The third-order valence-electron chi connectivity index (χ3n) is 0. The van der Waals surface area contributed by atoms with Crippen molar-refractivity contribution in [3.63, 3.8) is 0 Å². The minimum atomic E-state index is 0. The molecule has 0 unspecified atom stereocenters. The average molecular weight is 217 g/mol. The van der Waals surface area contributed by atoms with Gasteiger partial charge in [0.25, 0.3) is 0 Å². The Kier molecular flexibility index (Phi) is 192. The van der Waals surface area contributed by atoms with Crippen LogP contribution in [0, 0.1) is 10.8 Å². The van der Waals surface area contributed by atoms with Crippen LogP contribution in [0.5, 0.6) is 0 Å². The van der Waals surface area contributed by atoms with Crippen LogP contribution < -0.4 is 0 Å². The van der Waals surface area contributed by atoms with Crippen LogP contribution in [-0.4, -0.2) is 12.2 Å². The van der Waals surface area contributed by atoms with Gasteiger partial charge in [-0.25, -0.2) is 20.4 Å². The molecule has 4 nitrogen and oxygen atoms in total. The van der Waals surface area contributed by atoms with Crippen LogP contribution in [0.4, 0.5) is 0 Å². The van der Waals surface area contributed by atoms with Crippen LogP contribution >= 0.6 is 0 Å². The largest absolute Gasteiger partial charge is 0.231 e. The summed E-state index contributed by atoms with van der Waals surface area (Å²) >= 11 is 0. The van der Waals surface area contributed by atoms with Gasteiger partial charge in [-0.3, -0.25) is 0 Å². The summed E-state index contributed by atoms with van der Waals surface area (Å²) in [6, 6.07) is 0. The number of hydrogen-bond donors (Lipinski definition) is 2. The molecule has 0 aromatic heterocycles. The molecule has 0 aliphatic heterocycles. The fourth-order valence-electron chi connectivity index (χ4n) is 0.